The van der Waals surface area contributed by atoms with E-state index in [2.05, 4.69) is 19.9 Å². The van der Waals surface area contributed by atoms with E-state index in [-0.39, 0.29) is 17.7 Å². The molecule has 1 amide bonds. The first-order valence-corrected chi connectivity index (χ1v) is 10.5. The van der Waals surface area contributed by atoms with Crippen LogP contribution in [0.25, 0.3) is 22.0 Å². The number of H-pyrrole nitrogens is 2. The molecule has 1 aliphatic rings. The molecule has 32 heavy (non-hydrogen) atoms. The average molecular weight is 436 g/mol. The van der Waals surface area contributed by atoms with Crippen molar-refractivity contribution in [2.45, 2.75) is 32.4 Å². The van der Waals surface area contributed by atoms with Gasteiger partial charge in [-0.2, -0.15) is 13.9 Å². The molecule has 5 rings (SSSR count). The van der Waals surface area contributed by atoms with E-state index in [1.54, 1.807) is 24.5 Å². The van der Waals surface area contributed by atoms with Crippen LogP contribution >= 0.6 is 0 Å². The van der Waals surface area contributed by atoms with Crippen molar-refractivity contribution in [3.63, 3.8) is 0 Å². The third-order valence-corrected chi connectivity index (χ3v) is 6.03. The molecule has 0 spiro atoms. The minimum atomic E-state index is -2.88. The lowest BCUT2D eigenvalue weighted by Crippen LogP contribution is -2.30. The lowest BCUT2D eigenvalue weighted by atomic mass is 10.0. The molecule has 0 bridgehead atoms. The highest BCUT2D eigenvalue weighted by molar-refractivity contribution is 6.07. The summed E-state index contributed by atoms with van der Waals surface area (Å²) in [5.74, 6) is 0.0251. The fourth-order valence-electron chi connectivity index (χ4n) is 4.52. The van der Waals surface area contributed by atoms with Gasteiger partial charge in [-0.3, -0.25) is 9.89 Å². The number of rotatable bonds is 5. The van der Waals surface area contributed by atoms with Crippen molar-refractivity contribution in [2.24, 2.45) is 0 Å². The van der Waals surface area contributed by atoms with Gasteiger partial charge in [-0.25, -0.2) is 0 Å². The van der Waals surface area contributed by atoms with Gasteiger partial charge in [-0.05, 0) is 49.1 Å². The summed E-state index contributed by atoms with van der Waals surface area (Å²) in [7, 11) is 0. The third-order valence-electron chi connectivity index (χ3n) is 6.03. The Hall–Kier alpha value is -3.68. The predicted molar refractivity (Wildman–Crippen MR) is 117 cm³/mol. The highest BCUT2D eigenvalue weighted by Gasteiger charge is 2.32. The van der Waals surface area contributed by atoms with Gasteiger partial charge in [-0.1, -0.05) is 24.3 Å². The summed E-state index contributed by atoms with van der Waals surface area (Å²) in [6.07, 6.45) is 5.15. The van der Waals surface area contributed by atoms with Gasteiger partial charge in [0.25, 0.3) is 5.91 Å². The molecular formula is C24H22F2N4O2. The molecule has 2 aromatic carbocycles. The maximum atomic E-state index is 13.5. The third kappa shape index (κ3) is 3.62. The number of aromatic amines is 2. The van der Waals surface area contributed by atoms with Crippen LogP contribution in [0.4, 0.5) is 8.78 Å². The van der Waals surface area contributed by atoms with Gasteiger partial charge in [0.05, 0.1) is 17.8 Å². The van der Waals surface area contributed by atoms with E-state index >= 15 is 0 Å². The second-order valence-corrected chi connectivity index (χ2v) is 7.98. The molecule has 6 nitrogen and oxygen atoms in total. The van der Waals surface area contributed by atoms with Crippen LogP contribution in [0.3, 0.4) is 0 Å². The molecule has 0 radical (unpaired) electrons. The number of halogens is 2. The zero-order chi connectivity index (χ0) is 22.2. The van der Waals surface area contributed by atoms with E-state index in [1.165, 1.54) is 6.07 Å². The molecule has 4 aromatic rings. The molecule has 1 aliphatic heterocycles. The lowest BCUT2D eigenvalue weighted by molar-refractivity contribution is -0.0499. The molecule has 1 saturated heterocycles. The van der Waals surface area contributed by atoms with Gasteiger partial charge >= 0.3 is 6.61 Å². The highest BCUT2D eigenvalue weighted by Crippen LogP contribution is 2.36. The Labute approximate surface area is 183 Å². The van der Waals surface area contributed by atoms with E-state index in [9.17, 15) is 13.6 Å². The number of ether oxygens (including phenoxy) is 1. The van der Waals surface area contributed by atoms with Crippen LogP contribution in [0, 0.1) is 6.92 Å². The van der Waals surface area contributed by atoms with Crippen LogP contribution < -0.4 is 4.74 Å². The summed E-state index contributed by atoms with van der Waals surface area (Å²) in [5.41, 5.74) is 5.27. The number of aromatic nitrogens is 3. The van der Waals surface area contributed by atoms with Crippen molar-refractivity contribution in [3.05, 3.63) is 71.7 Å². The fraction of sp³-hybridized carbons (Fsp3) is 0.250. The zero-order valence-electron chi connectivity index (χ0n) is 17.4. The van der Waals surface area contributed by atoms with E-state index in [1.807, 2.05) is 36.1 Å². The van der Waals surface area contributed by atoms with Crippen molar-refractivity contribution >= 4 is 16.8 Å². The largest absolute Gasteiger partial charge is 0.435 e. The van der Waals surface area contributed by atoms with E-state index < -0.39 is 6.61 Å². The predicted octanol–water partition coefficient (Wildman–Crippen LogP) is 5.45. The van der Waals surface area contributed by atoms with Crippen LogP contribution in [0.5, 0.6) is 5.75 Å². The van der Waals surface area contributed by atoms with Gasteiger partial charge in [0.2, 0.25) is 0 Å². The van der Waals surface area contributed by atoms with Gasteiger partial charge < -0.3 is 14.6 Å². The maximum Gasteiger partial charge on any atom is 0.387 e. The van der Waals surface area contributed by atoms with Gasteiger partial charge in [0.1, 0.15) is 5.75 Å². The molecule has 164 valence electrons. The van der Waals surface area contributed by atoms with Crippen LogP contribution in [0.2, 0.25) is 0 Å². The molecule has 8 heteroatoms. The second-order valence-electron chi connectivity index (χ2n) is 7.98. The van der Waals surface area contributed by atoms with Crippen molar-refractivity contribution in [3.8, 4) is 16.9 Å². The van der Waals surface area contributed by atoms with Crippen molar-refractivity contribution in [2.75, 3.05) is 6.54 Å². The number of carbonyl (C=O) groups excluding carboxylic acids is 1. The molecule has 0 saturated carbocycles. The van der Waals surface area contributed by atoms with E-state index in [4.69, 9.17) is 0 Å². The molecule has 1 fully saturated rings. The Morgan fingerprint density at radius 3 is 2.91 bits per heavy atom. The molecule has 3 heterocycles. The molecule has 0 aliphatic carbocycles. The topological polar surface area (TPSA) is 74.0 Å². The minimum absolute atomic E-state index is 0.0776. The monoisotopic (exact) mass is 436 g/mol. The Morgan fingerprint density at radius 2 is 2.12 bits per heavy atom. The number of hydrogen-bond acceptors (Lipinski definition) is 3. The van der Waals surface area contributed by atoms with Crippen LogP contribution in [0.15, 0.2) is 54.9 Å². The Balaban J connectivity index is 1.44. The summed E-state index contributed by atoms with van der Waals surface area (Å²) < 4.78 is 29.8. The van der Waals surface area contributed by atoms with Crippen LogP contribution in [-0.2, 0) is 0 Å². The average Bonchev–Trinajstić information content (AvgIpc) is 3.52. The number of likely N-dealkylation sites (tertiary alicyclic amines) is 1. The first-order valence-electron chi connectivity index (χ1n) is 10.5. The van der Waals surface area contributed by atoms with Gasteiger partial charge in [-0.15, -0.1) is 0 Å². The first kappa shape index (κ1) is 20.2. The fourth-order valence-corrected chi connectivity index (χ4v) is 4.52. The Kier molecular flexibility index (Phi) is 5.13. The lowest BCUT2D eigenvalue weighted by Gasteiger charge is -2.25. The van der Waals surface area contributed by atoms with Crippen molar-refractivity contribution in [1.29, 1.82) is 0 Å². The van der Waals surface area contributed by atoms with Crippen molar-refractivity contribution < 1.29 is 18.3 Å². The SMILES string of the molecule is Cc1[nH]ncc1-c1ccc2c(C(=O)N3CCCC3c3cccc(OC(F)F)c3)c[nH]c2c1. The number of nitrogens with zero attached hydrogens (tertiary/aromatic N) is 2. The number of amides is 1. The normalized spacial score (nSPS) is 16.2. The van der Waals surface area contributed by atoms with Crippen LogP contribution in [0.1, 0.15) is 40.5 Å². The van der Waals surface area contributed by atoms with E-state index in [0.717, 1.165) is 46.1 Å². The van der Waals surface area contributed by atoms with E-state index in [0.29, 0.717) is 12.1 Å². The summed E-state index contributed by atoms with van der Waals surface area (Å²) in [4.78, 5) is 18.5. The number of nitrogens with one attached hydrogen (secondary N) is 2. The van der Waals surface area contributed by atoms with Crippen LogP contribution in [-0.4, -0.2) is 39.1 Å². The molecule has 1 atom stereocenters. The maximum absolute atomic E-state index is 13.5. The molecule has 2 N–H and O–H groups in total. The summed E-state index contributed by atoms with van der Waals surface area (Å²) in [6.45, 7) is -0.304. The first-order chi connectivity index (χ1) is 15.5. The Morgan fingerprint density at radius 1 is 1.25 bits per heavy atom. The number of fused-ring (bicyclic) bond motifs is 1. The summed E-state index contributed by atoms with van der Waals surface area (Å²) >= 11 is 0. The standard InChI is InChI=1S/C24H22F2N4O2/c1-14-19(13-28-29-14)15-7-8-18-20(12-27-21(18)11-15)23(31)30-9-3-6-22(30)16-4-2-5-17(10-16)32-24(25)26/h2,4-5,7-8,10-13,22,24,27H,3,6,9H2,1H3,(H,28,29). The highest BCUT2D eigenvalue weighted by atomic mass is 19.3. The number of alkyl halides is 2. The zero-order valence-corrected chi connectivity index (χ0v) is 17.4. The number of carbonyl (C=O) groups is 1. The van der Waals surface area contributed by atoms with Crippen molar-refractivity contribution in [1.82, 2.24) is 20.1 Å². The number of aryl methyl sites for hydroxylation is 1. The summed E-state index contributed by atoms with van der Waals surface area (Å²) in [5, 5.41) is 7.86. The number of hydrogen-bond donors (Lipinski definition) is 2. The molecular weight excluding hydrogens is 414 g/mol. The quantitative estimate of drug-likeness (QED) is 0.437. The second kappa shape index (κ2) is 8.11. The Bertz CT molecular complexity index is 1280. The summed E-state index contributed by atoms with van der Waals surface area (Å²) in [6, 6.07) is 12.4. The molecule has 2 aromatic heterocycles. The molecule has 1 unspecified atom stereocenters. The minimum Gasteiger partial charge on any atom is -0.435 e. The smallest absolute Gasteiger partial charge is 0.387 e. The number of benzene rings is 2. The van der Waals surface area contributed by atoms with Gasteiger partial charge in [0.15, 0.2) is 0 Å². The van der Waals surface area contributed by atoms with Gasteiger partial charge in [0, 0.05) is 34.9 Å².